The fourth-order valence-corrected chi connectivity index (χ4v) is 2.21. The van der Waals surface area contributed by atoms with Crippen LogP contribution < -0.4 is 0 Å². The Labute approximate surface area is 109 Å². The van der Waals surface area contributed by atoms with E-state index in [4.69, 9.17) is 4.74 Å². The lowest BCUT2D eigenvalue weighted by atomic mass is 10.2. The van der Waals surface area contributed by atoms with Crippen LogP contribution in [0.5, 0.6) is 0 Å². The number of rotatable bonds is 5. The average Bonchev–Trinajstić information content (AvgIpc) is 2.91. The molecule has 2 rings (SSSR count). The molecular formula is C15H21NO2. The van der Waals surface area contributed by atoms with Crippen LogP contribution in [0.4, 0.5) is 0 Å². The molecule has 0 bridgehead atoms. The molecule has 18 heavy (non-hydrogen) atoms. The van der Waals surface area contributed by atoms with E-state index in [1.54, 1.807) is 0 Å². The summed E-state index contributed by atoms with van der Waals surface area (Å²) in [5, 5.41) is 0. The van der Waals surface area contributed by atoms with Gasteiger partial charge in [-0.05, 0) is 25.3 Å². The minimum atomic E-state index is -0.0155. The zero-order valence-electron chi connectivity index (χ0n) is 11.0. The van der Waals surface area contributed by atoms with Crippen LogP contribution in [-0.4, -0.2) is 30.0 Å². The first-order valence-corrected chi connectivity index (χ1v) is 6.69. The van der Waals surface area contributed by atoms with Gasteiger partial charge < -0.3 is 9.64 Å². The van der Waals surface area contributed by atoms with E-state index in [1.807, 2.05) is 42.2 Å². The van der Waals surface area contributed by atoms with Gasteiger partial charge in [-0.25, -0.2) is 0 Å². The molecule has 1 heterocycles. The van der Waals surface area contributed by atoms with Crippen LogP contribution in [-0.2, 0) is 16.1 Å². The molecule has 1 atom stereocenters. The number of amides is 1. The quantitative estimate of drug-likeness (QED) is 0.800. The van der Waals surface area contributed by atoms with Gasteiger partial charge in [0.15, 0.2) is 0 Å². The van der Waals surface area contributed by atoms with E-state index in [2.05, 4.69) is 0 Å². The highest BCUT2D eigenvalue weighted by Gasteiger charge is 2.19. The Hall–Kier alpha value is -1.35. The van der Waals surface area contributed by atoms with Crippen molar-refractivity contribution in [3.63, 3.8) is 0 Å². The highest BCUT2D eigenvalue weighted by Crippen LogP contribution is 2.12. The first-order chi connectivity index (χ1) is 8.75. The molecule has 0 aliphatic carbocycles. The molecule has 1 aromatic carbocycles. The number of nitrogens with zero attached hydrogens (tertiary/aromatic N) is 1. The summed E-state index contributed by atoms with van der Waals surface area (Å²) in [6.07, 6.45) is 2.77. The van der Waals surface area contributed by atoms with Gasteiger partial charge in [-0.1, -0.05) is 30.3 Å². The SMILES string of the molecule is CC(CC(=O)N1CCCC1)OCc1ccccc1. The fourth-order valence-electron chi connectivity index (χ4n) is 2.21. The van der Waals surface area contributed by atoms with Gasteiger partial charge >= 0.3 is 0 Å². The number of carbonyl (C=O) groups excluding carboxylic acids is 1. The molecule has 3 heteroatoms. The van der Waals surface area contributed by atoms with Gasteiger partial charge in [0.1, 0.15) is 0 Å². The maximum absolute atomic E-state index is 11.9. The molecule has 1 saturated heterocycles. The van der Waals surface area contributed by atoms with Crippen LogP contribution in [0.2, 0.25) is 0 Å². The summed E-state index contributed by atoms with van der Waals surface area (Å²) < 4.78 is 5.71. The molecule has 1 aliphatic heterocycles. The molecule has 0 radical (unpaired) electrons. The molecule has 1 amide bonds. The van der Waals surface area contributed by atoms with Gasteiger partial charge in [-0.2, -0.15) is 0 Å². The van der Waals surface area contributed by atoms with Crippen molar-refractivity contribution in [3.05, 3.63) is 35.9 Å². The summed E-state index contributed by atoms with van der Waals surface area (Å²) in [6.45, 7) is 4.39. The molecule has 0 N–H and O–H groups in total. The van der Waals surface area contributed by atoms with E-state index in [-0.39, 0.29) is 12.0 Å². The Kier molecular flexibility index (Phi) is 4.76. The van der Waals surface area contributed by atoms with E-state index in [1.165, 1.54) is 0 Å². The molecule has 1 unspecified atom stereocenters. The smallest absolute Gasteiger partial charge is 0.225 e. The fraction of sp³-hybridized carbons (Fsp3) is 0.533. The molecule has 1 aliphatic rings. The van der Waals surface area contributed by atoms with E-state index in [9.17, 15) is 4.79 Å². The Morgan fingerprint density at radius 2 is 1.94 bits per heavy atom. The Bertz CT molecular complexity index is 371. The number of hydrogen-bond donors (Lipinski definition) is 0. The summed E-state index contributed by atoms with van der Waals surface area (Å²) in [5.41, 5.74) is 1.15. The Balaban J connectivity index is 1.71. The predicted octanol–water partition coefficient (Wildman–Crippen LogP) is 2.60. The first kappa shape index (κ1) is 13.1. The second-order valence-electron chi connectivity index (χ2n) is 4.90. The summed E-state index contributed by atoms with van der Waals surface area (Å²) in [7, 11) is 0. The summed E-state index contributed by atoms with van der Waals surface area (Å²) in [5.74, 6) is 0.230. The van der Waals surface area contributed by atoms with Crippen molar-refractivity contribution < 1.29 is 9.53 Å². The molecule has 98 valence electrons. The van der Waals surface area contributed by atoms with Gasteiger partial charge in [0.05, 0.1) is 19.1 Å². The highest BCUT2D eigenvalue weighted by atomic mass is 16.5. The van der Waals surface area contributed by atoms with Crippen molar-refractivity contribution in [2.45, 2.75) is 38.9 Å². The second-order valence-corrected chi connectivity index (χ2v) is 4.90. The van der Waals surface area contributed by atoms with Gasteiger partial charge in [0.2, 0.25) is 5.91 Å². The van der Waals surface area contributed by atoms with Crippen molar-refractivity contribution in [2.24, 2.45) is 0 Å². The molecule has 0 spiro atoms. The summed E-state index contributed by atoms with van der Waals surface area (Å²) in [4.78, 5) is 13.9. The lowest BCUT2D eigenvalue weighted by molar-refractivity contribution is -0.133. The number of ether oxygens (including phenoxy) is 1. The highest BCUT2D eigenvalue weighted by molar-refractivity contribution is 5.76. The first-order valence-electron chi connectivity index (χ1n) is 6.69. The molecule has 3 nitrogen and oxygen atoms in total. The van der Waals surface area contributed by atoms with Crippen molar-refractivity contribution in [3.8, 4) is 0 Å². The summed E-state index contributed by atoms with van der Waals surface area (Å²) >= 11 is 0. The molecule has 0 aromatic heterocycles. The molecule has 0 saturated carbocycles. The van der Waals surface area contributed by atoms with Crippen LogP contribution >= 0.6 is 0 Å². The normalized spacial score (nSPS) is 16.8. The Morgan fingerprint density at radius 3 is 2.61 bits per heavy atom. The van der Waals surface area contributed by atoms with Crippen LogP contribution in [0.25, 0.3) is 0 Å². The largest absolute Gasteiger partial charge is 0.373 e. The topological polar surface area (TPSA) is 29.5 Å². The average molecular weight is 247 g/mol. The van der Waals surface area contributed by atoms with Crippen LogP contribution in [0.1, 0.15) is 31.7 Å². The summed E-state index contributed by atoms with van der Waals surface area (Å²) in [6, 6.07) is 10.1. The number of hydrogen-bond acceptors (Lipinski definition) is 2. The minimum Gasteiger partial charge on any atom is -0.373 e. The van der Waals surface area contributed by atoms with Gasteiger partial charge in [0.25, 0.3) is 0 Å². The van der Waals surface area contributed by atoms with Gasteiger partial charge in [-0.3, -0.25) is 4.79 Å². The van der Waals surface area contributed by atoms with Gasteiger partial charge in [-0.15, -0.1) is 0 Å². The third-order valence-corrected chi connectivity index (χ3v) is 3.30. The zero-order valence-corrected chi connectivity index (χ0v) is 11.0. The molecule has 1 aromatic rings. The standard InChI is InChI=1S/C15H21NO2/c1-13(11-15(17)16-9-5-6-10-16)18-12-14-7-3-2-4-8-14/h2-4,7-8,13H,5-6,9-12H2,1H3. The van der Waals surface area contributed by atoms with Crippen LogP contribution in [0.3, 0.4) is 0 Å². The number of carbonyl (C=O) groups is 1. The maximum atomic E-state index is 11.9. The Morgan fingerprint density at radius 1 is 1.28 bits per heavy atom. The van der Waals surface area contributed by atoms with Crippen LogP contribution in [0, 0.1) is 0 Å². The monoisotopic (exact) mass is 247 g/mol. The third kappa shape index (κ3) is 3.84. The van der Waals surface area contributed by atoms with Crippen molar-refractivity contribution >= 4 is 5.91 Å². The second kappa shape index (κ2) is 6.55. The van der Waals surface area contributed by atoms with Crippen LogP contribution in [0.15, 0.2) is 30.3 Å². The maximum Gasteiger partial charge on any atom is 0.225 e. The zero-order chi connectivity index (χ0) is 12.8. The van der Waals surface area contributed by atoms with E-state index >= 15 is 0 Å². The molecular weight excluding hydrogens is 226 g/mol. The third-order valence-electron chi connectivity index (χ3n) is 3.30. The minimum absolute atomic E-state index is 0.0155. The van der Waals surface area contributed by atoms with E-state index in [0.717, 1.165) is 31.5 Å². The van der Waals surface area contributed by atoms with Crippen molar-refractivity contribution in [1.29, 1.82) is 0 Å². The van der Waals surface area contributed by atoms with Crippen molar-refractivity contribution in [1.82, 2.24) is 4.90 Å². The van der Waals surface area contributed by atoms with E-state index in [0.29, 0.717) is 13.0 Å². The molecule has 1 fully saturated rings. The lowest BCUT2D eigenvalue weighted by Crippen LogP contribution is -2.30. The van der Waals surface area contributed by atoms with Gasteiger partial charge in [0, 0.05) is 13.1 Å². The predicted molar refractivity (Wildman–Crippen MR) is 71.1 cm³/mol. The lowest BCUT2D eigenvalue weighted by Gasteiger charge is -2.18. The van der Waals surface area contributed by atoms with E-state index < -0.39 is 0 Å². The number of likely N-dealkylation sites (tertiary alicyclic amines) is 1. The number of benzene rings is 1. The van der Waals surface area contributed by atoms with Crippen molar-refractivity contribution in [2.75, 3.05) is 13.1 Å².